The van der Waals surface area contributed by atoms with Crippen LogP contribution in [-0.2, 0) is 0 Å². The van der Waals surface area contributed by atoms with Crippen molar-refractivity contribution >= 4 is 29.1 Å². The molecule has 2 aliphatic heterocycles. The maximum absolute atomic E-state index is 14.9. The highest BCUT2D eigenvalue weighted by Crippen LogP contribution is 2.62. The van der Waals surface area contributed by atoms with Crippen molar-refractivity contribution in [3.8, 4) is 11.5 Å². The monoisotopic (exact) mass is 555 g/mol. The van der Waals surface area contributed by atoms with Gasteiger partial charge < -0.3 is 14.4 Å². The molecule has 1 saturated heterocycles. The first kappa shape index (κ1) is 26.0. The summed E-state index contributed by atoms with van der Waals surface area (Å²) in [6.07, 6.45) is 3.89. The van der Waals surface area contributed by atoms with Crippen LogP contribution in [-0.4, -0.2) is 43.2 Å². The lowest BCUT2D eigenvalue weighted by atomic mass is 9.64. The first-order valence-corrected chi connectivity index (χ1v) is 14.2. The molecule has 1 spiro atoms. The summed E-state index contributed by atoms with van der Waals surface area (Å²) >= 11 is 0. The molecule has 1 fully saturated rings. The molecule has 6 nitrogen and oxygen atoms in total. The molecular formula is C36H29NO5. The highest BCUT2D eigenvalue weighted by Gasteiger charge is 2.71. The smallest absolute Gasteiger partial charge is 0.186 e. The number of carbonyl (C=O) groups excluding carboxylic acids is 3. The predicted octanol–water partition coefficient (Wildman–Crippen LogP) is 6.41. The minimum Gasteiger partial charge on any atom is -0.497 e. The van der Waals surface area contributed by atoms with Crippen LogP contribution in [0.15, 0.2) is 103 Å². The van der Waals surface area contributed by atoms with E-state index in [2.05, 4.69) is 0 Å². The van der Waals surface area contributed by atoms with Crippen molar-refractivity contribution in [2.45, 2.75) is 24.9 Å². The molecule has 0 N–H and O–H groups in total. The van der Waals surface area contributed by atoms with E-state index in [4.69, 9.17) is 9.47 Å². The topological polar surface area (TPSA) is 72.9 Å². The van der Waals surface area contributed by atoms with Crippen LogP contribution >= 0.6 is 0 Å². The summed E-state index contributed by atoms with van der Waals surface area (Å²) in [6.45, 7) is 2.29. The zero-order chi connectivity index (χ0) is 29.0. The van der Waals surface area contributed by atoms with Crippen LogP contribution in [0.3, 0.4) is 0 Å². The van der Waals surface area contributed by atoms with Crippen LogP contribution in [0.5, 0.6) is 11.5 Å². The molecule has 0 bridgehead atoms. The van der Waals surface area contributed by atoms with Gasteiger partial charge in [-0.1, -0.05) is 84.9 Å². The molecule has 0 amide bonds. The summed E-state index contributed by atoms with van der Waals surface area (Å²) in [6, 6.07) is 27.7. The van der Waals surface area contributed by atoms with Gasteiger partial charge in [-0.3, -0.25) is 14.4 Å². The van der Waals surface area contributed by atoms with Gasteiger partial charge in [-0.15, -0.1) is 0 Å². The molecule has 4 aromatic carbocycles. The number of hydrogen-bond acceptors (Lipinski definition) is 6. The summed E-state index contributed by atoms with van der Waals surface area (Å²) in [5.74, 6) is -0.461. The Morgan fingerprint density at radius 3 is 2.29 bits per heavy atom. The second-order valence-electron chi connectivity index (χ2n) is 10.8. The molecule has 6 heteroatoms. The van der Waals surface area contributed by atoms with Crippen molar-refractivity contribution < 1.29 is 23.9 Å². The fraction of sp³-hybridized carbons (Fsp3) is 0.194. The number of anilines is 1. The average Bonchev–Trinajstić information content (AvgIpc) is 3.47. The third kappa shape index (κ3) is 3.48. The van der Waals surface area contributed by atoms with Crippen molar-refractivity contribution in [1.29, 1.82) is 0 Å². The molecule has 0 radical (unpaired) electrons. The van der Waals surface area contributed by atoms with Crippen LogP contribution in [0.25, 0.3) is 6.08 Å². The molecule has 3 atom stereocenters. The number of fused-ring (bicyclic) bond motifs is 5. The lowest BCUT2D eigenvalue weighted by Crippen LogP contribution is -2.48. The Hall–Kier alpha value is -4.97. The molecule has 0 unspecified atom stereocenters. The summed E-state index contributed by atoms with van der Waals surface area (Å²) in [7, 11) is 1.56. The second-order valence-corrected chi connectivity index (χ2v) is 10.8. The number of methoxy groups -OCH3 is 1. The van der Waals surface area contributed by atoms with E-state index in [0.717, 1.165) is 11.3 Å². The van der Waals surface area contributed by atoms with E-state index in [1.165, 1.54) is 0 Å². The molecule has 7 rings (SSSR count). The molecule has 2 heterocycles. The Kier molecular flexibility index (Phi) is 6.08. The van der Waals surface area contributed by atoms with Crippen molar-refractivity contribution in [3.63, 3.8) is 0 Å². The molecule has 0 aromatic heterocycles. The standard InChI is InChI=1S/C36H29NO5/c1-3-42-29-18-9-7-16-27(29)31-32(33(38)23-12-10-13-24(21-23)41-2)37-28-17-8-4-11-22(28)19-20-30(37)36(31)34(39)25-14-5-6-15-26(25)35(36)40/h4-21,30-32H,3H2,1-2H3/t30-,31+,32-/m1/s1. The lowest BCUT2D eigenvalue weighted by Gasteiger charge is -2.37. The predicted molar refractivity (Wildman–Crippen MR) is 161 cm³/mol. The lowest BCUT2D eigenvalue weighted by molar-refractivity contribution is 0.0664. The van der Waals surface area contributed by atoms with E-state index in [0.29, 0.717) is 40.4 Å². The van der Waals surface area contributed by atoms with Crippen molar-refractivity contribution in [2.24, 2.45) is 5.41 Å². The summed E-state index contributed by atoms with van der Waals surface area (Å²) < 4.78 is 11.6. The van der Waals surface area contributed by atoms with Crippen LogP contribution in [0.1, 0.15) is 55.0 Å². The Morgan fingerprint density at radius 2 is 1.55 bits per heavy atom. The second kappa shape index (κ2) is 9.84. The number of rotatable bonds is 6. The Bertz CT molecular complexity index is 1750. The Balaban J connectivity index is 1.56. The minimum absolute atomic E-state index is 0.200. The molecule has 0 saturated carbocycles. The van der Waals surface area contributed by atoms with Crippen molar-refractivity contribution in [2.75, 3.05) is 18.6 Å². The number of Topliss-reactive ketones (excluding diaryl/α,β-unsaturated/α-hetero) is 3. The maximum atomic E-state index is 14.9. The minimum atomic E-state index is -1.58. The van der Waals surface area contributed by atoms with Crippen LogP contribution in [0.2, 0.25) is 0 Å². The number of para-hydroxylation sites is 2. The number of ether oxygens (including phenoxy) is 2. The molecule has 208 valence electrons. The number of benzene rings is 4. The van der Waals surface area contributed by atoms with Gasteiger partial charge in [-0.2, -0.15) is 0 Å². The number of nitrogens with zero attached hydrogens (tertiary/aromatic N) is 1. The van der Waals surface area contributed by atoms with Crippen LogP contribution < -0.4 is 14.4 Å². The van der Waals surface area contributed by atoms with Gasteiger partial charge in [0.2, 0.25) is 0 Å². The van der Waals surface area contributed by atoms with Crippen molar-refractivity contribution in [1.82, 2.24) is 0 Å². The van der Waals surface area contributed by atoms with Gasteiger partial charge in [-0.25, -0.2) is 0 Å². The molecular weight excluding hydrogens is 526 g/mol. The zero-order valence-corrected chi connectivity index (χ0v) is 23.3. The number of ketones is 3. The maximum Gasteiger partial charge on any atom is 0.186 e. The highest BCUT2D eigenvalue weighted by atomic mass is 16.5. The fourth-order valence-corrected chi connectivity index (χ4v) is 7.23. The van der Waals surface area contributed by atoms with Gasteiger partial charge in [0.25, 0.3) is 0 Å². The van der Waals surface area contributed by atoms with Crippen LogP contribution in [0, 0.1) is 5.41 Å². The summed E-state index contributed by atoms with van der Waals surface area (Å²) in [4.78, 5) is 46.5. The highest BCUT2D eigenvalue weighted by molar-refractivity contribution is 6.32. The third-order valence-electron chi connectivity index (χ3n) is 8.89. The molecule has 4 aromatic rings. The Labute approximate surface area is 244 Å². The van der Waals surface area contributed by atoms with Gasteiger partial charge in [0.15, 0.2) is 17.3 Å². The first-order chi connectivity index (χ1) is 20.5. The number of carbonyl (C=O) groups is 3. The van der Waals surface area contributed by atoms with Gasteiger partial charge >= 0.3 is 0 Å². The zero-order valence-electron chi connectivity index (χ0n) is 23.3. The van der Waals surface area contributed by atoms with E-state index in [1.807, 2.05) is 72.5 Å². The normalized spacial score (nSPS) is 21.2. The Morgan fingerprint density at radius 1 is 0.857 bits per heavy atom. The van der Waals surface area contributed by atoms with E-state index >= 15 is 0 Å². The van der Waals surface area contributed by atoms with E-state index in [1.54, 1.807) is 55.6 Å². The third-order valence-corrected chi connectivity index (χ3v) is 8.89. The molecule has 1 aliphatic carbocycles. The van der Waals surface area contributed by atoms with E-state index in [-0.39, 0.29) is 17.3 Å². The van der Waals surface area contributed by atoms with Crippen LogP contribution in [0.4, 0.5) is 5.69 Å². The quantitative estimate of drug-likeness (QED) is 0.202. The molecule has 3 aliphatic rings. The SMILES string of the molecule is CCOc1ccccc1[C@H]1[C@H](C(=O)c2cccc(OC)c2)N2c3ccccc3C=C[C@@H]2C12C(=O)c1ccccc1C2=O. The van der Waals surface area contributed by atoms with Gasteiger partial charge in [-0.05, 0) is 36.8 Å². The van der Waals surface area contributed by atoms with Gasteiger partial charge in [0.1, 0.15) is 23.0 Å². The largest absolute Gasteiger partial charge is 0.497 e. The fourth-order valence-electron chi connectivity index (χ4n) is 7.23. The summed E-state index contributed by atoms with van der Waals surface area (Å²) in [5.41, 5.74) is 2.03. The number of hydrogen-bond donors (Lipinski definition) is 0. The van der Waals surface area contributed by atoms with E-state index in [9.17, 15) is 14.4 Å². The molecule has 42 heavy (non-hydrogen) atoms. The van der Waals surface area contributed by atoms with Gasteiger partial charge in [0.05, 0.1) is 19.8 Å². The first-order valence-electron chi connectivity index (χ1n) is 14.2. The van der Waals surface area contributed by atoms with Gasteiger partial charge in [0, 0.05) is 33.9 Å². The summed E-state index contributed by atoms with van der Waals surface area (Å²) in [5, 5.41) is 0. The van der Waals surface area contributed by atoms with Crippen molar-refractivity contribution in [3.05, 3.63) is 131 Å². The average molecular weight is 556 g/mol. The van der Waals surface area contributed by atoms with E-state index < -0.39 is 23.4 Å².